The molecule has 19 heavy (non-hydrogen) atoms. The zero-order valence-corrected chi connectivity index (χ0v) is 12.4. The Hall–Kier alpha value is -1.06. The number of para-hydroxylation sites is 1. The van der Waals surface area contributed by atoms with Gasteiger partial charge in [-0.25, -0.2) is 0 Å². The van der Waals surface area contributed by atoms with E-state index in [1.807, 2.05) is 0 Å². The van der Waals surface area contributed by atoms with Gasteiger partial charge in [-0.1, -0.05) is 18.2 Å². The summed E-state index contributed by atoms with van der Waals surface area (Å²) in [6.07, 6.45) is 3.25. The Morgan fingerprint density at radius 3 is 2.84 bits per heavy atom. The van der Waals surface area contributed by atoms with Crippen molar-refractivity contribution in [3.63, 3.8) is 0 Å². The van der Waals surface area contributed by atoms with E-state index in [4.69, 9.17) is 10.5 Å². The first-order chi connectivity index (χ1) is 9.03. The van der Waals surface area contributed by atoms with E-state index in [1.165, 1.54) is 11.3 Å². The Balaban J connectivity index is 2.15. The van der Waals surface area contributed by atoms with Crippen LogP contribution in [0.15, 0.2) is 24.3 Å². The average Bonchev–Trinajstić information content (AvgIpc) is 2.57. The van der Waals surface area contributed by atoms with Gasteiger partial charge in [0.15, 0.2) is 0 Å². The van der Waals surface area contributed by atoms with Crippen molar-refractivity contribution >= 4 is 5.69 Å². The fraction of sp³-hybridized carbons (Fsp3) is 0.625. The predicted octanol–water partition coefficient (Wildman–Crippen LogP) is 3.10. The molecule has 0 bridgehead atoms. The number of nitrogens with zero attached hydrogens (tertiary/aromatic N) is 1. The van der Waals surface area contributed by atoms with E-state index in [9.17, 15) is 0 Å². The van der Waals surface area contributed by atoms with Gasteiger partial charge in [-0.3, -0.25) is 0 Å². The second kappa shape index (κ2) is 5.93. The highest BCUT2D eigenvalue weighted by Crippen LogP contribution is 2.31. The van der Waals surface area contributed by atoms with Crippen LogP contribution in [-0.2, 0) is 4.74 Å². The van der Waals surface area contributed by atoms with Gasteiger partial charge < -0.3 is 15.4 Å². The van der Waals surface area contributed by atoms with E-state index in [-0.39, 0.29) is 11.6 Å². The third kappa shape index (κ3) is 3.48. The molecule has 1 heterocycles. The zero-order valence-electron chi connectivity index (χ0n) is 12.4. The Morgan fingerprint density at radius 1 is 1.37 bits per heavy atom. The van der Waals surface area contributed by atoms with Crippen LogP contribution in [0.4, 0.5) is 5.69 Å². The molecule has 3 nitrogen and oxygen atoms in total. The molecule has 0 fully saturated rings. The van der Waals surface area contributed by atoms with E-state index >= 15 is 0 Å². The minimum atomic E-state index is -0.0661. The quantitative estimate of drug-likeness (QED) is 0.906. The van der Waals surface area contributed by atoms with E-state index in [0.717, 1.165) is 32.4 Å². The Bertz CT molecular complexity index is 417. The number of hydrogen-bond donors (Lipinski definition) is 1. The monoisotopic (exact) mass is 262 g/mol. The Labute approximate surface area is 116 Å². The molecule has 2 N–H and O–H groups in total. The molecule has 1 unspecified atom stereocenters. The van der Waals surface area contributed by atoms with E-state index in [2.05, 4.69) is 43.0 Å². The zero-order chi connectivity index (χ0) is 13.9. The minimum absolute atomic E-state index is 0.0661. The van der Waals surface area contributed by atoms with Crippen LogP contribution in [0.25, 0.3) is 0 Å². The second-order valence-corrected chi connectivity index (χ2v) is 6.01. The van der Waals surface area contributed by atoms with Crippen molar-refractivity contribution in [3.05, 3.63) is 29.8 Å². The molecule has 2 rings (SSSR count). The molecule has 1 aliphatic heterocycles. The number of benzene rings is 1. The standard InChI is InChI=1S/C16H26N2O/c1-16(2,19-3)10-12-18-11-6-8-14(17)13-7-4-5-9-15(13)18/h4-5,7,9,14H,6,8,10-12,17H2,1-3H3. The smallest absolute Gasteiger partial charge is 0.0639 e. The molecular formula is C16H26N2O. The van der Waals surface area contributed by atoms with Crippen molar-refractivity contribution in [2.45, 2.75) is 44.8 Å². The van der Waals surface area contributed by atoms with Crippen LogP contribution < -0.4 is 10.6 Å². The maximum atomic E-state index is 6.27. The average molecular weight is 262 g/mol. The van der Waals surface area contributed by atoms with Gasteiger partial charge in [0.05, 0.1) is 5.60 Å². The maximum absolute atomic E-state index is 6.27. The lowest BCUT2D eigenvalue weighted by molar-refractivity contribution is 0.0172. The molecule has 0 spiro atoms. The first kappa shape index (κ1) is 14.4. The molecule has 0 radical (unpaired) electrons. The van der Waals surface area contributed by atoms with Gasteiger partial charge in [-0.2, -0.15) is 0 Å². The van der Waals surface area contributed by atoms with E-state index < -0.39 is 0 Å². The topological polar surface area (TPSA) is 38.5 Å². The van der Waals surface area contributed by atoms with Crippen molar-refractivity contribution in [2.75, 3.05) is 25.1 Å². The molecule has 1 aromatic carbocycles. The number of fused-ring (bicyclic) bond motifs is 1. The van der Waals surface area contributed by atoms with Crippen LogP contribution in [0.1, 0.15) is 44.7 Å². The SMILES string of the molecule is COC(C)(C)CCN1CCCC(N)c2ccccc21. The summed E-state index contributed by atoms with van der Waals surface area (Å²) in [5.74, 6) is 0. The van der Waals surface area contributed by atoms with Gasteiger partial charge in [0.2, 0.25) is 0 Å². The number of hydrogen-bond acceptors (Lipinski definition) is 3. The highest BCUT2D eigenvalue weighted by atomic mass is 16.5. The molecular weight excluding hydrogens is 236 g/mol. The van der Waals surface area contributed by atoms with Crippen LogP contribution in [0, 0.1) is 0 Å². The summed E-state index contributed by atoms with van der Waals surface area (Å²) in [6.45, 7) is 6.39. The van der Waals surface area contributed by atoms with Crippen LogP contribution >= 0.6 is 0 Å². The summed E-state index contributed by atoms with van der Waals surface area (Å²) in [6, 6.07) is 8.73. The highest BCUT2D eigenvalue weighted by Gasteiger charge is 2.23. The van der Waals surface area contributed by atoms with Gasteiger partial charge >= 0.3 is 0 Å². The normalized spacial score (nSPS) is 20.0. The van der Waals surface area contributed by atoms with Crippen molar-refractivity contribution in [3.8, 4) is 0 Å². The van der Waals surface area contributed by atoms with Gasteiger partial charge in [-0.05, 0) is 44.7 Å². The molecule has 106 valence electrons. The third-order valence-corrected chi connectivity index (χ3v) is 4.16. The lowest BCUT2D eigenvalue weighted by atomic mass is 10.0. The minimum Gasteiger partial charge on any atom is -0.379 e. The molecule has 0 amide bonds. The predicted molar refractivity (Wildman–Crippen MR) is 80.5 cm³/mol. The van der Waals surface area contributed by atoms with Crippen molar-refractivity contribution in [1.29, 1.82) is 0 Å². The fourth-order valence-corrected chi connectivity index (χ4v) is 2.61. The van der Waals surface area contributed by atoms with Crippen LogP contribution in [0.5, 0.6) is 0 Å². The Kier molecular flexibility index (Phi) is 4.48. The molecule has 0 saturated carbocycles. The fourth-order valence-electron chi connectivity index (χ4n) is 2.61. The molecule has 1 aromatic rings. The largest absolute Gasteiger partial charge is 0.379 e. The highest BCUT2D eigenvalue weighted by molar-refractivity contribution is 5.55. The summed E-state index contributed by atoms with van der Waals surface area (Å²) in [5.41, 5.74) is 8.79. The van der Waals surface area contributed by atoms with Crippen molar-refractivity contribution in [2.24, 2.45) is 5.73 Å². The first-order valence-corrected chi connectivity index (χ1v) is 7.18. The van der Waals surface area contributed by atoms with Crippen LogP contribution in [-0.4, -0.2) is 25.8 Å². The molecule has 0 aromatic heterocycles. The van der Waals surface area contributed by atoms with Crippen molar-refractivity contribution < 1.29 is 4.74 Å². The van der Waals surface area contributed by atoms with E-state index in [0.29, 0.717) is 0 Å². The van der Waals surface area contributed by atoms with E-state index in [1.54, 1.807) is 7.11 Å². The number of ether oxygens (including phenoxy) is 1. The lowest BCUT2D eigenvalue weighted by Gasteiger charge is -2.30. The maximum Gasteiger partial charge on any atom is 0.0639 e. The number of anilines is 1. The van der Waals surface area contributed by atoms with Crippen LogP contribution in [0.2, 0.25) is 0 Å². The van der Waals surface area contributed by atoms with Crippen LogP contribution in [0.3, 0.4) is 0 Å². The van der Waals surface area contributed by atoms with Gasteiger partial charge in [0.25, 0.3) is 0 Å². The molecule has 0 aliphatic carbocycles. The second-order valence-electron chi connectivity index (χ2n) is 6.01. The van der Waals surface area contributed by atoms with Crippen molar-refractivity contribution in [1.82, 2.24) is 0 Å². The molecule has 1 atom stereocenters. The van der Waals surface area contributed by atoms with Gasteiger partial charge in [-0.15, -0.1) is 0 Å². The molecule has 3 heteroatoms. The lowest BCUT2D eigenvalue weighted by Crippen LogP contribution is -2.33. The number of methoxy groups -OCH3 is 1. The summed E-state index contributed by atoms with van der Waals surface area (Å²) >= 11 is 0. The molecule has 0 saturated heterocycles. The summed E-state index contributed by atoms with van der Waals surface area (Å²) in [4.78, 5) is 2.46. The Morgan fingerprint density at radius 2 is 2.11 bits per heavy atom. The third-order valence-electron chi connectivity index (χ3n) is 4.16. The number of rotatable bonds is 4. The first-order valence-electron chi connectivity index (χ1n) is 7.18. The van der Waals surface area contributed by atoms with Gasteiger partial charge in [0, 0.05) is 31.9 Å². The summed E-state index contributed by atoms with van der Waals surface area (Å²) in [5, 5.41) is 0. The van der Waals surface area contributed by atoms with Gasteiger partial charge in [0.1, 0.15) is 0 Å². The summed E-state index contributed by atoms with van der Waals surface area (Å²) in [7, 11) is 1.78. The number of nitrogens with two attached hydrogens (primary N) is 1. The molecule has 1 aliphatic rings. The summed E-state index contributed by atoms with van der Waals surface area (Å²) < 4.78 is 5.52.